The summed E-state index contributed by atoms with van der Waals surface area (Å²) >= 11 is 0. The van der Waals surface area contributed by atoms with E-state index in [0.717, 1.165) is 25.3 Å². The van der Waals surface area contributed by atoms with Gasteiger partial charge in [0.2, 0.25) is 5.78 Å². The Labute approximate surface area is 177 Å². The molecule has 2 aromatic rings. The van der Waals surface area contributed by atoms with E-state index in [0.29, 0.717) is 5.56 Å². The van der Waals surface area contributed by atoms with E-state index >= 15 is 0 Å². The van der Waals surface area contributed by atoms with E-state index in [9.17, 15) is 31.2 Å². The van der Waals surface area contributed by atoms with Crippen LogP contribution in [0.3, 0.4) is 0 Å². The molecule has 2 aromatic carbocycles. The predicted molar refractivity (Wildman–Crippen MR) is 108 cm³/mol. The Bertz CT molecular complexity index is 1220. The van der Waals surface area contributed by atoms with Crippen molar-refractivity contribution in [2.24, 2.45) is 0 Å². The van der Waals surface area contributed by atoms with Crippen LogP contribution in [0, 0.1) is 0 Å². The lowest BCUT2D eigenvalue weighted by Crippen LogP contribution is -2.29. The van der Waals surface area contributed by atoms with Gasteiger partial charge >= 0.3 is 6.18 Å². The van der Waals surface area contributed by atoms with Gasteiger partial charge in [-0.25, -0.2) is 8.42 Å². The van der Waals surface area contributed by atoms with Crippen molar-refractivity contribution in [3.05, 3.63) is 64.7 Å². The third-order valence-electron chi connectivity index (χ3n) is 4.90. The van der Waals surface area contributed by atoms with Gasteiger partial charge in [0.1, 0.15) is 5.76 Å². The highest BCUT2D eigenvalue weighted by atomic mass is 32.2. The second-order valence-electron chi connectivity index (χ2n) is 7.76. The number of ketones is 2. The SMILES string of the molecule is CC(=O)c1ccc(C2=C(c3ccc(S(C)(=O)=O)cc3)OC(C)(C)C2=O)cc1C(F)(F)F. The first-order valence-electron chi connectivity index (χ1n) is 9.14. The van der Waals surface area contributed by atoms with Crippen LogP contribution in [0.1, 0.15) is 47.8 Å². The van der Waals surface area contributed by atoms with E-state index < -0.39 is 44.3 Å². The molecule has 0 aliphatic carbocycles. The fourth-order valence-electron chi connectivity index (χ4n) is 3.32. The van der Waals surface area contributed by atoms with Gasteiger partial charge in [-0.15, -0.1) is 0 Å². The minimum absolute atomic E-state index is 0.0405. The third kappa shape index (κ3) is 4.27. The highest BCUT2D eigenvalue weighted by molar-refractivity contribution is 7.90. The number of halogens is 3. The Kier molecular flexibility index (Phi) is 5.38. The van der Waals surface area contributed by atoms with Gasteiger partial charge in [-0.3, -0.25) is 9.59 Å². The van der Waals surface area contributed by atoms with Gasteiger partial charge in [0.25, 0.3) is 0 Å². The zero-order chi connectivity index (χ0) is 23.4. The summed E-state index contributed by atoms with van der Waals surface area (Å²) < 4.78 is 69.8. The molecule has 1 aliphatic heterocycles. The van der Waals surface area contributed by atoms with Crippen molar-refractivity contribution in [3.63, 3.8) is 0 Å². The first-order valence-corrected chi connectivity index (χ1v) is 11.0. The Balaban J connectivity index is 2.24. The molecular formula is C22H19F3O5S. The fourth-order valence-corrected chi connectivity index (χ4v) is 3.95. The molecule has 1 aliphatic rings. The van der Waals surface area contributed by atoms with Crippen molar-refractivity contribution < 1.29 is 35.9 Å². The lowest BCUT2D eigenvalue weighted by molar-refractivity contribution is -0.138. The molecule has 31 heavy (non-hydrogen) atoms. The molecule has 0 atom stereocenters. The summed E-state index contributed by atoms with van der Waals surface area (Å²) in [5.74, 6) is -1.24. The van der Waals surface area contributed by atoms with Gasteiger partial charge in [-0.05, 0) is 56.7 Å². The topological polar surface area (TPSA) is 77.5 Å². The minimum atomic E-state index is -4.80. The minimum Gasteiger partial charge on any atom is -0.478 e. The van der Waals surface area contributed by atoms with Crippen molar-refractivity contribution in [3.8, 4) is 0 Å². The van der Waals surface area contributed by atoms with Crippen LogP contribution in [-0.2, 0) is 25.5 Å². The van der Waals surface area contributed by atoms with Crippen molar-refractivity contribution >= 4 is 32.7 Å². The Hall–Kier alpha value is -2.94. The van der Waals surface area contributed by atoms with Gasteiger partial charge in [0, 0.05) is 17.4 Å². The monoisotopic (exact) mass is 452 g/mol. The molecule has 0 unspecified atom stereocenters. The smallest absolute Gasteiger partial charge is 0.417 e. The first-order chi connectivity index (χ1) is 14.1. The number of Topliss-reactive ketones (excluding diaryl/α,β-unsaturated/α-hetero) is 2. The van der Waals surface area contributed by atoms with Gasteiger partial charge in [-0.1, -0.05) is 12.1 Å². The molecule has 0 fully saturated rings. The van der Waals surface area contributed by atoms with Gasteiger partial charge < -0.3 is 4.74 Å². The number of sulfone groups is 1. The lowest BCUT2D eigenvalue weighted by atomic mass is 9.90. The van der Waals surface area contributed by atoms with E-state index in [1.54, 1.807) is 0 Å². The summed E-state index contributed by atoms with van der Waals surface area (Å²) in [6.45, 7) is 4.01. The Morgan fingerprint density at radius 2 is 1.55 bits per heavy atom. The molecular weight excluding hydrogens is 433 g/mol. The largest absolute Gasteiger partial charge is 0.478 e. The molecule has 9 heteroatoms. The number of hydrogen-bond donors (Lipinski definition) is 0. The van der Waals surface area contributed by atoms with Gasteiger partial charge in [0.05, 0.1) is 16.0 Å². The van der Waals surface area contributed by atoms with Crippen LogP contribution in [0.25, 0.3) is 11.3 Å². The zero-order valence-corrected chi connectivity index (χ0v) is 17.9. The molecule has 0 bridgehead atoms. The molecule has 0 aromatic heterocycles. The van der Waals surface area contributed by atoms with Crippen molar-refractivity contribution in [1.29, 1.82) is 0 Å². The van der Waals surface area contributed by atoms with E-state index in [1.807, 2.05) is 0 Å². The molecule has 0 saturated carbocycles. The van der Waals surface area contributed by atoms with E-state index in [-0.39, 0.29) is 21.8 Å². The van der Waals surface area contributed by atoms with E-state index in [1.165, 1.54) is 44.2 Å². The maximum Gasteiger partial charge on any atom is 0.417 e. The number of carbonyl (C=O) groups excluding carboxylic acids is 2. The van der Waals surface area contributed by atoms with E-state index in [2.05, 4.69) is 0 Å². The lowest BCUT2D eigenvalue weighted by Gasteiger charge is -2.18. The molecule has 1 heterocycles. The predicted octanol–water partition coefficient (Wildman–Crippen LogP) is 4.56. The second kappa shape index (κ2) is 7.33. The summed E-state index contributed by atoms with van der Waals surface area (Å²) in [6, 6.07) is 8.58. The molecule has 3 rings (SSSR count). The average Bonchev–Trinajstić information content (AvgIpc) is 2.89. The quantitative estimate of drug-likeness (QED) is 0.636. The van der Waals surface area contributed by atoms with Crippen LogP contribution < -0.4 is 0 Å². The highest BCUT2D eigenvalue weighted by Gasteiger charge is 2.44. The maximum atomic E-state index is 13.6. The van der Waals surface area contributed by atoms with Crippen LogP contribution in [0.2, 0.25) is 0 Å². The summed E-state index contributed by atoms with van der Waals surface area (Å²) in [7, 11) is -3.46. The Morgan fingerprint density at radius 1 is 1.00 bits per heavy atom. The van der Waals surface area contributed by atoms with Crippen LogP contribution in [0.5, 0.6) is 0 Å². The van der Waals surface area contributed by atoms with Crippen LogP contribution in [0.4, 0.5) is 13.2 Å². The van der Waals surface area contributed by atoms with Crippen LogP contribution >= 0.6 is 0 Å². The summed E-state index contributed by atoms with van der Waals surface area (Å²) in [4.78, 5) is 24.7. The number of rotatable bonds is 4. The van der Waals surface area contributed by atoms with Crippen molar-refractivity contribution in [1.82, 2.24) is 0 Å². The number of alkyl halides is 3. The van der Waals surface area contributed by atoms with Crippen molar-refractivity contribution in [2.45, 2.75) is 37.4 Å². The van der Waals surface area contributed by atoms with E-state index in [4.69, 9.17) is 4.74 Å². The first kappa shape index (κ1) is 22.7. The molecule has 5 nitrogen and oxygen atoms in total. The molecule has 0 amide bonds. The average molecular weight is 452 g/mol. The van der Waals surface area contributed by atoms with Gasteiger partial charge in [0.15, 0.2) is 21.2 Å². The molecule has 0 saturated heterocycles. The summed E-state index contributed by atoms with van der Waals surface area (Å²) in [5.41, 5.74) is -2.76. The highest BCUT2D eigenvalue weighted by Crippen LogP contribution is 2.43. The molecule has 0 radical (unpaired) electrons. The zero-order valence-electron chi connectivity index (χ0n) is 17.1. The van der Waals surface area contributed by atoms with Crippen LogP contribution in [0.15, 0.2) is 47.4 Å². The number of hydrogen-bond acceptors (Lipinski definition) is 5. The third-order valence-corrected chi connectivity index (χ3v) is 6.02. The number of ether oxygens (including phenoxy) is 1. The normalized spacial score (nSPS) is 16.4. The molecule has 164 valence electrons. The molecule has 0 spiro atoms. The maximum absolute atomic E-state index is 13.6. The number of benzene rings is 2. The Morgan fingerprint density at radius 3 is 2.03 bits per heavy atom. The summed E-state index contributed by atoms with van der Waals surface area (Å²) in [5, 5.41) is 0. The fraction of sp³-hybridized carbons (Fsp3) is 0.273. The second-order valence-corrected chi connectivity index (χ2v) is 9.77. The van der Waals surface area contributed by atoms with Crippen molar-refractivity contribution in [2.75, 3.05) is 6.26 Å². The standard InChI is InChI=1S/C22H19F3O5S/c1-12(26)16-10-7-14(11-17(16)22(23,24)25)18-19(30-21(2,3)20(18)27)13-5-8-15(9-6-13)31(4,28)29/h5-11H,1-4H3. The number of carbonyl (C=O) groups is 2. The van der Waals surface area contributed by atoms with Gasteiger partial charge in [-0.2, -0.15) is 13.2 Å². The summed E-state index contributed by atoms with van der Waals surface area (Å²) in [6.07, 6.45) is -3.76. The molecule has 0 N–H and O–H groups in total. The van der Waals surface area contributed by atoms with Crippen LogP contribution in [-0.4, -0.2) is 31.8 Å².